The number of nitriles is 1. The highest BCUT2D eigenvalue weighted by atomic mass is 16.5. The minimum absolute atomic E-state index is 0.184. The van der Waals surface area contributed by atoms with E-state index in [4.69, 9.17) is 9.72 Å². The van der Waals surface area contributed by atoms with E-state index in [0.29, 0.717) is 36.2 Å². The number of hydrogen-bond donors (Lipinski definition) is 2. The van der Waals surface area contributed by atoms with Crippen LogP contribution in [0.3, 0.4) is 0 Å². The fourth-order valence-corrected chi connectivity index (χ4v) is 5.92. The van der Waals surface area contributed by atoms with E-state index in [-0.39, 0.29) is 12.1 Å². The molecule has 0 aliphatic carbocycles. The predicted octanol–water partition coefficient (Wildman–Crippen LogP) is 3.55. The van der Waals surface area contributed by atoms with Gasteiger partial charge in [0.1, 0.15) is 11.9 Å². The van der Waals surface area contributed by atoms with E-state index < -0.39 is 0 Å². The van der Waals surface area contributed by atoms with Gasteiger partial charge in [0.25, 0.3) is 0 Å². The van der Waals surface area contributed by atoms with E-state index in [1.807, 2.05) is 24.3 Å². The Morgan fingerprint density at radius 3 is 2.51 bits per heavy atom. The highest BCUT2D eigenvalue weighted by Gasteiger charge is 2.30. The molecule has 9 nitrogen and oxygen atoms in total. The van der Waals surface area contributed by atoms with E-state index in [2.05, 4.69) is 63.1 Å². The zero-order valence-corrected chi connectivity index (χ0v) is 22.5. The van der Waals surface area contributed by atoms with Crippen molar-refractivity contribution in [2.24, 2.45) is 0 Å². The van der Waals surface area contributed by atoms with Gasteiger partial charge in [-0.15, -0.1) is 0 Å². The van der Waals surface area contributed by atoms with Crippen LogP contribution in [0.5, 0.6) is 0 Å². The average molecular weight is 526 g/mol. The molecule has 2 N–H and O–H groups in total. The molecule has 2 aromatic carbocycles. The summed E-state index contributed by atoms with van der Waals surface area (Å²) in [6, 6.07) is 17.1. The van der Waals surface area contributed by atoms with Crippen molar-refractivity contribution in [2.45, 2.75) is 38.5 Å². The van der Waals surface area contributed by atoms with Gasteiger partial charge in [-0.05, 0) is 68.3 Å². The predicted molar refractivity (Wildman–Crippen MR) is 152 cm³/mol. The highest BCUT2D eigenvalue weighted by Crippen LogP contribution is 2.32. The number of aliphatic hydroxyl groups is 1. The number of piperazine rings is 1. The van der Waals surface area contributed by atoms with Crippen molar-refractivity contribution in [3.63, 3.8) is 0 Å². The number of rotatable bonds is 6. The maximum Gasteiger partial charge on any atom is 0.161 e. The van der Waals surface area contributed by atoms with Gasteiger partial charge < -0.3 is 25.0 Å². The normalized spacial score (nSPS) is 22.0. The molecule has 0 radical (unpaired) electrons. The molecule has 0 bridgehead atoms. The number of ether oxygens (including phenoxy) is 1. The van der Waals surface area contributed by atoms with Crippen LogP contribution in [-0.4, -0.2) is 84.1 Å². The van der Waals surface area contributed by atoms with Crippen LogP contribution in [0.15, 0.2) is 48.7 Å². The lowest BCUT2D eigenvalue weighted by Gasteiger charge is -2.43. The molecule has 202 valence electrons. The molecule has 2 atom stereocenters. The SMILES string of the molecule is Cc1cc(Nc2ccnc(-c3ccc(N4C[C@H](O)C[C@@H]4C)c(C#N)c3)n2)ccc1N1CCN(C2COC2)CC1. The molecule has 3 aromatic rings. The van der Waals surface area contributed by atoms with Crippen LogP contribution in [0.1, 0.15) is 24.5 Å². The first-order valence-corrected chi connectivity index (χ1v) is 13.7. The van der Waals surface area contributed by atoms with Gasteiger partial charge in [0.2, 0.25) is 0 Å². The Morgan fingerprint density at radius 2 is 1.85 bits per heavy atom. The van der Waals surface area contributed by atoms with Gasteiger partial charge in [0, 0.05) is 61.9 Å². The maximum atomic E-state index is 10.1. The fraction of sp³-hybridized carbons (Fsp3) is 0.433. The number of hydrogen-bond acceptors (Lipinski definition) is 9. The summed E-state index contributed by atoms with van der Waals surface area (Å²) in [6.45, 7) is 10.7. The molecular weight excluding hydrogens is 490 g/mol. The first-order valence-electron chi connectivity index (χ1n) is 13.7. The van der Waals surface area contributed by atoms with Crippen molar-refractivity contribution in [2.75, 3.05) is 61.1 Å². The Balaban J connectivity index is 1.15. The molecule has 6 rings (SSSR count). The zero-order chi connectivity index (χ0) is 26.9. The number of aliphatic hydroxyl groups excluding tert-OH is 1. The summed E-state index contributed by atoms with van der Waals surface area (Å²) >= 11 is 0. The van der Waals surface area contributed by atoms with Crippen molar-refractivity contribution in [3.05, 3.63) is 59.8 Å². The zero-order valence-electron chi connectivity index (χ0n) is 22.5. The van der Waals surface area contributed by atoms with Crippen LogP contribution in [0, 0.1) is 18.3 Å². The first kappa shape index (κ1) is 25.6. The Bertz CT molecular complexity index is 1380. The van der Waals surface area contributed by atoms with Gasteiger partial charge in [0.05, 0.1) is 36.6 Å². The Morgan fingerprint density at radius 1 is 1.05 bits per heavy atom. The molecule has 9 heteroatoms. The molecule has 0 amide bonds. The summed E-state index contributed by atoms with van der Waals surface area (Å²) in [7, 11) is 0. The molecule has 3 aliphatic rings. The van der Waals surface area contributed by atoms with Crippen molar-refractivity contribution in [3.8, 4) is 17.5 Å². The quantitative estimate of drug-likeness (QED) is 0.500. The van der Waals surface area contributed by atoms with Gasteiger partial charge in [-0.3, -0.25) is 4.90 Å². The summed E-state index contributed by atoms with van der Waals surface area (Å²) in [4.78, 5) is 16.3. The molecular formula is C30H35N7O2. The monoisotopic (exact) mass is 525 g/mol. The van der Waals surface area contributed by atoms with Crippen LogP contribution < -0.4 is 15.1 Å². The first-order chi connectivity index (χ1) is 19.0. The lowest BCUT2D eigenvalue weighted by atomic mass is 10.1. The number of nitrogens with one attached hydrogen (secondary N) is 1. The van der Waals surface area contributed by atoms with E-state index >= 15 is 0 Å². The molecule has 0 spiro atoms. The number of aryl methyl sites for hydroxylation is 1. The molecule has 4 heterocycles. The van der Waals surface area contributed by atoms with Crippen molar-refractivity contribution >= 4 is 22.9 Å². The molecule has 39 heavy (non-hydrogen) atoms. The smallest absolute Gasteiger partial charge is 0.161 e. The van der Waals surface area contributed by atoms with Crippen molar-refractivity contribution in [1.82, 2.24) is 14.9 Å². The average Bonchev–Trinajstić information content (AvgIpc) is 3.25. The third kappa shape index (κ3) is 5.28. The number of benzene rings is 2. The Kier molecular flexibility index (Phi) is 7.09. The number of anilines is 4. The third-order valence-corrected chi connectivity index (χ3v) is 8.15. The maximum absolute atomic E-state index is 10.1. The van der Waals surface area contributed by atoms with Crippen LogP contribution in [-0.2, 0) is 4.74 Å². The van der Waals surface area contributed by atoms with Crippen LogP contribution >= 0.6 is 0 Å². The third-order valence-electron chi connectivity index (χ3n) is 8.15. The van der Waals surface area contributed by atoms with E-state index in [1.54, 1.807) is 6.20 Å². The lowest BCUT2D eigenvalue weighted by Crippen LogP contribution is -2.56. The fourth-order valence-electron chi connectivity index (χ4n) is 5.92. The number of aromatic nitrogens is 2. The summed E-state index contributed by atoms with van der Waals surface area (Å²) in [5.41, 5.74) is 5.66. The Labute approximate surface area is 229 Å². The summed E-state index contributed by atoms with van der Waals surface area (Å²) in [5.74, 6) is 1.25. The second-order valence-corrected chi connectivity index (χ2v) is 10.8. The molecule has 3 aliphatic heterocycles. The second kappa shape index (κ2) is 10.8. The molecule has 1 aromatic heterocycles. The van der Waals surface area contributed by atoms with Crippen LogP contribution in [0.4, 0.5) is 22.9 Å². The number of β-amino-alcohol motifs (C(OH)–C–C–N with tert-alkyl or cyclic N) is 1. The van der Waals surface area contributed by atoms with E-state index in [0.717, 1.165) is 56.3 Å². The standard InChI is InChI=1S/C30H35N7O2/c1-20-13-24(4-6-27(20)36-11-9-35(10-12-36)25-18-39-19-25)33-29-7-8-32-30(34-29)22-3-5-28(23(15-22)16-31)37-17-26(38)14-21(37)2/h3-8,13,15,21,25-26,38H,9-12,14,17-19H2,1-2H3,(H,32,33,34)/t21-,26+/m0/s1. The van der Waals surface area contributed by atoms with Gasteiger partial charge in [-0.25, -0.2) is 9.97 Å². The van der Waals surface area contributed by atoms with E-state index in [9.17, 15) is 10.4 Å². The number of nitrogens with zero attached hydrogens (tertiary/aromatic N) is 6. The van der Waals surface area contributed by atoms with Crippen molar-refractivity contribution in [1.29, 1.82) is 5.26 Å². The minimum Gasteiger partial charge on any atom is -0.391 e. The Hall–Kier alpha value is -3.71. The van der Waals surface area contributed by atoms with Crippen LogP contribution in [0.25, 0.3) is 11.4 Å². The van der Waals surface area contributed by atoms with Gasteiger partial charge in [-0.2, -0.15) is 5.26 Å². The van der Waals surface area contributed by atoms with Crippen LogP contribution in [0.2, 0.25) is 0 Å². The highest BCUT2D eigenvalue weighted by molar-refractivity contribution is 5.70. The van der Waals surface area contributed by atoms with E-state index in [1.165, 1.54) is 11.3 Å². The topological polar surface area (TPSA) is 101 Å². The minimum atomic E-state index is -0.368. The molecule has 0 saturated carbocycles. The molecule has 3 saturated heterocycles. The summed E-state index contributed by atoms with van der Waals surface area (Å²) in [6.07, 6.45) is 2.07. The summed E-state index contributed by atoms with van der Waals surface area (Å²) < 4.78 is 5.36. The molecule has 0 unspecified atom stereocenters. The lowest BCUT2D eigenvalue weighted by molar-refractivity contribution is -0.0660. The van der Waals surface area contributed by atoms with Gasteiger partial charge >= 0.3 is 0 Å². The van der Waals surface area contributed by atoms with Crippen molar-refractivity contribution < 1.29 is 9.84 Å². The van der Waals surface area contributed by atoms with Gasteiger partial charge in [0.15, 0.2) is 5.82 Å². The van der Waals surface area contributed by atoms with Gasteiger partial charge in [-0.1, -0.05) is 0 Å². The summed E-state index contributed by atoms with van der Waals surface area (Å²) in [5, 5.41) is 23.3. The molecule has 3 fully saturated rings. The second-order valence-electron chi connectivity index (χ2n) is 10.8. The largest absolute Gasteiger partial charge is 0.391 e.